The van der Waals surface area contributed by atoms with Crippen molar-refractivity contribution in [3.8, 4) is 0 Å². The smallest absolute Gasteiger partial charge is 0.268 e. The van der Waals surface area contributed by atoms with E-state index in [9.17, 15) is 9.59 Å². The molecule has 0 aliphatic rings. The lowest BCUT2D eigenvalue weighted by atomic mass is 10.0. The molecule has 8 heteroatoms. The van der Waals surface area contributed by atoms with Gasteiger partial charge in [0.15, 0.2) is 5.13 Å². The van der Waals surface area contributed by atoms with Crippen molar-refractivity contribution < 1.29 is 9.59 Å². The second-order valence-corrected chi connectivity index (χ2v) is 6.54. The van der Waals surface area contributed by atoms with Gasteiger partial charge in [0.2, 0.25) is 5.91 Å². The number of aromatic amines is 1. The Bertz CT molecular complexity index is 639. The number of amides is 2. The Morgan fingerprint density at radius 1 is 1.45 bits per heavy atom. The Labute approximate surface area is 137 Å². The van der Waals surface area contributed by atoms with Crippen LogP contribution in [-0.2, 0) is 4.79 Å². The molecule has 0 saturated heterocycles. The van der Waals surface area contributed by atoms with E-state index in [-0.39, 0.29) is 17.7 Å². The van der Waals surface area contributed by atoms with E-state index < -0.39 is 6.04 Å². The van der Waals surface area contributed by atoms with Crippen LogP contribution in [0.5, 0.6) is 0 Å². The summed E-state index contributed by atoms with van der Waals surface area (Å²) in [6.07, 6.45) is 3.65. The lowest BCUT2D eigenvalue weighted by Gasteiger charge is -2.19. The fraction of sp³-hybridized carbons (Fsp3) is 0.357. The third kappa shape index (κ3) is 4.57. The monoisotopic (exact) mass is 340 g/mol. The number of hydrogen-bond donors (Lipinski definition) is 3. The van der Waals surface area contributed by atoms with Crippen LogP contribution in [-0.4, -0.2) is 27.8 Å². The van der Waals surface area contributed by atoms with Gasteiger partial charge in [0, 0.05) is 17.8 Å². The van der Waals surface area contributed by atoms with Gasteiger partial charge in [0.1, 0.15) is 11.7 Å². The van der Waals surface area contributed by atoms with Crippen LogP contribution in [0.25, 0.3) is 0 Å². The van der Waals surface area contributed by atoms with Crippen LogP contribution in [0.4, 0.5) is 5.13 Å². The van der Waals surface area contributed by atoms with Crippen LogP contribution in [0.3, 0.4) is 0 Å². The number of nitrogens with one attached hydrogen (secondary N) is 3. The number of carbonyl (C=O) groups is 2. The van der Waals surface area contributed by atoms with E-state index in [1.807, 2.05) is 13.8 Å². The first-order valence-electron chi connectivity index (χ1n) is 6.81. The summed E-state index contributed by atoms with van der Waals surface area (Å²) in [5.74, 6) is -0.402. The number of hydrogen-bond acceptors (Lipinski definition) is 4. The molecule has 0 fully saturated rings. The van der Waals surface area contributed by atoms with Crippen molar-refractivity contribution >= 4 is 39.9 Å². The van der Waals surface area contributed by atoms with Gasteiger partial charge in [-0.05, 0) is 18.4 Å². The highest BCUT2D eigenvalue weighted by Gasteiger charge is 2.23. The summed E-state index contributed by atoms with van der Waals surface area (Å²) in [7, 11) is 0. The fourth-order valence-electron chi connectivity index (χ4n) is 1.92. The first-order chi connectivity index (χ1) is 10.5. The molecule has 3 N–H and O–H groups in total. The molecule has 0 saturated carbocycles. The molecule has 2 aromatic rings. The van der Waals surface area contributed by atoms with Gasteiger partial charge in [-0.15, -0.1) is 11.3 Å². The zero-order valence-corrected chi connectivity index (χ0v) is 13.8. The molecule has 0 aliphatic heterocycles. The molecule has 2 heterocycles. The molecule has 0 bridgehead atoms. The maximum absolute atomic E-state index is 12.3. The predicted molar refractivity (Wildman–Crippen MR) is 87.3 cm³/mol. The first kappa shape index (κ1) is 16.5. The van der Waals surface area contributed by atoms with Crippen LogP contribution >= 0.6 is 22.9 Å². The highest BCUT2D eigenvalue weighted by molar-refractivity contribution is 7.13. The summed E-state index contributed by atoms with van der Waals surface area (Å²) in [6.45, 7) is 3.97. The van der Waals surface area contributed by atoms with Crippen molar-refractivity contribution in [1.29, 1.82) is 0 Å². The lowest BCUT2D eigenvalue weighted by molar-refractivity contribution is -0.118. The number of anilines is 1. The third-order valence-corrected chi connectivity index (χ3v) is 3.79. The Morgan fingerprint density at radius 2 is 2.23 bits per heavy atom. The van der Waals surface area contributed by atoms with Gasteiger partial charge in [-0.1, -0.05) is 25.4 Å². The number of nitrogens with zero attached hydrogens (tertiary/aromatic N) is 1. The van der Waals surface area contributed by atoms with E-state index in [1.165, 1.54) is 23.6 Å². The molecule has 2 amide bonds. The van der Waals surface area contributed by atoms with Crippen molar-refractivity contribution in [2.75, 3.05) is 5.32 Å². The molecule has 0 radical (unpaired) electrons. The summed E-state index contributed by atoms with van der Waals surface area (Å²) in [4.78, 5) is 31.3. The van der Waals surface area contributed by atoms with Crippen LogP contribution in [0.1, 0.15) is 30.8 Å². The third-order valence-electron chi connectivity index (χ3n) is 2.88. The minimum Gasteiger partial charge on any atom is -0.356 e. The molecule has 1 unspecified atom stereocenters. The normalized spacial score (nSPS) is 12.2. The van der Waals surface area contributed by atoms with Crippen molar-refractivity contribution in [2.24, 2.45) is 5.92 Å². The second-order valence-electron chi connectivity index (χ2n) is 5.21. The highest BCUT2D eigenvalue weighted by atomic mass is 35.5. The number of aromatic nitrogens is 2. The van der Waals surface area contributed by atoms with Gasteiger partial charge < -0.3 is 15.6 Å². The molecule has 2 rings (SSSR count). The van der Waals surface area contributed by atoms with Crippen molar-refractivity contribution in [1.82, 2.24) is 15.3 Å². The molecule has 0 aliphatic carbocycles. The van der Waals surface area contributed by atoms with E-state index >= 15 is 0 Å². The van der Waals surface area contributed by atoms with Gasteiger partial charge in [-0.3, -0.25) is 9.59 Å². The maximum Gasteiger partial charge on any atom is 0.268 e. The Hall–Kier alpha value is -1.86. The molecular formula is C14H17ClN4O2S. The van der Waals surface area contributed by atoms with E-state index in [0.717, 1.165) is 0 Å². The molecule has 0 aromatic carbocycles. The summed E-state index contributed by atoms with van der Waals surface area (Å²) in [6, 6.07) is 0.876. The summed E-state index contributed by atoms with van der Waals surface area (Å²) in [5.41, 5.74) is 0.320. The molecule has 2 aromatic heterocycles. The standard InChI is InChI=1S/C14H17ClN4O2S/c1-8(2)5-11(13(21)19-14-16-3-4-22-14)18-12(20)10-6-9(15)7-17-10/h3-4,6-8,11,17H,5H2,1-2H3,(H,18,20)(H,16,19,21). The number of halogens is 1. The Morgan fingerprint density at radius 3 is 2.77 bits per heavy atom. The molecule has 6 nitrogen and oxygen atoms in total. The summed E-state index contributed by atoms with van der Waals surface area (Å²) < 4.78 is 0. The average molecular weight is 341 g/mol. The number of thiazole rings is 1. The zero-order chi connectivity index (χ0) is 16.1. The lowest BCUT2D eigenvalue weighted by Crippen LogP contribution is -2.44. The van der Waals surface area contributed by atoms with Gasteiger partial charge in [-0.2, -0.15) is 0 Å². The average Bonchev–Trinajstić information content (AvgIpc) is 3.08. The SMILES string of the molecule is CC(C)CC(NC(=O)c1cc(Cl)c[nH]1)C(=O)Nc1nccs1. The summed E-state index contributed by atoms with van der Waals surface area (Å²) in [5, 5.41) is 8.16. The summed E-state index contributed by atoms with van der Waals surface area (Å²) >= 11 is 7.11. The van der Waals surface area contributed by atoms with Gasteiger partial charge in [0.25, 0.3) is 5.91 Å². The number of H-pyrrole nitrogens is 1. The minimum atomic E-state index is -0.640. The van der Waals surface area contributed by atoms with Crippen molar-refractivity contribution in [2.45, 2.75) is 26.3 Å². The van der Waals surface area contributed by atoms with Gasteiger partial charge in [-0.25, -0.2) is 4.98 Å². The van der Waals surface area contributed by atoms with Crippen molar-refractivity contribution in [3.05, 3.63) is 34.6 Å². The number of rotatable bonds is 6. The Balaban J connectivity index is 2.05. The second kappa shape index (κ2) is 7.42. The largest absolute Gasteiger partial charge is 0.356 e. The quantitative estimate of drug-likeness (QED) is 0.755. The van der Waals surface area contributed by atoms with Gasteiger partial charge >= 0.3 is 0 Å². The number of carbonyl (C=O) groups excluding carboxylic acids is 2. The van der Waals surface area contributed by atoms with E-state index in [2.05, 4.69) is 20.6 Å². The van der Waals surface area contributed by atoms with E-state index in [1.54, 1.807) is 11.6 Å². The predicted octanol–water partition coefficient (Wildman–Crippen LogP) is 2.91. The van der Waals surface area contributed by atoms with E-state index in [0.29, 0.717) is 22.3 Å². The minimum absolute atomic E-state index is 0.250. The fourth-order valence-corrected chi connectivity index (χ4v) is 2.61. The molecule has 118 valence electrons. The van der Waals surface area contributed by atoms with E-state index in [4.69, 9.17) is 11.6 Å². The Kier molecular flexibility index (Phi) is 5.57. The van der Waals surface area contributed by atoms with Crippen LogP contribution < -0.4 is 10.6 Å². The molecular weight excluding hydrogens is 324 g/mol. The van der Waals surface area contributed by atoms with Crippen LogP contribution in [0.15, 0.2) is 23.8 Å². The van der Waals surface area contributed by atoms with Crippen LogP contribution in [0.2, 0.25) is 5.02 Å². The molecule has 0 spiro atoms. The highest BCUT2D eigenvalue weighted by Crippen LogP contribution is 2.14. The van der Waals surface area contributed by atoms with Crippen LogP contribution in [0, 0.1) is 5.92 Å². The first-order valence-corrected chi connectivity index (χ1v) is 8.06. The molecule has 22 heavy (non-hydrogen) atoms. The van der Waals surface area contributed by atoms with Gasteiger partial charge in [0.05, 0.1) is 5.02 Å². The molecule has 1 atom stereocenters. The van der Waals surface area contributed by atoms with Crippen molar-refractivity contribution in [3.63, 3.8) is 0 Å². The topological polar surface area (TPSA) is 86.9 Å². The maximum atomic E-state index is 12.3. The zero-order valence-electron chi connectivity index (χ0n) is 12.2.